The van der Waals surface area contributed by atoms with Crippen molar-refractivity contribution in [3.63, 3.8) is 0 Å². The molecule has 1 unspecified atom stereocenters. The molecule has 1 aromatic heterocycles. The summed E-state index contributed by atoms with van der Waals surface area (Å²) < 4.78 is 26.2. The van der Waals surface area contributed by atoms with Gasteiger partial charge >= 0.3 is 0 Å². The molecule has 0 aliphatic carbocycles. The molecular weight excluding hydrogens is 310 g/mol. The van der Waals surface area contributed by atoms with Gasteiger partial charge in [-0.3, -0.25) is 4.79 Å². The van der Waals surface area contributed by atoms with Gasteiger partial charge in [-0.25, -0.2) is 8.42 Å². The van der Waals surface area contributed by atoms with E-state index in [1.165, 1.54) is 13.0 Å². The lowest BCUT2D eigenvalue weighted by atomic mass is 10.3. The Kier molecular flexibility index (Phi) is 8.19. The molecule has 1 heterocycles. The quantitative estimate of drug-likeness (QED) is 0.627. The van der Waals surface area contributed by atoms with Gasteiger partial charge in [-0.1, -0.05) is 6.07 Å². The first kappa shape index (κ1) is 18.3. The van der Waals surface area contributed by atoms with Crippen LogP contribution in [0.4, 0.5) is 0 Å². The molecule has 6 nitrogen and oxygen atoms in total. The number of carbonyl (C=O) groups excluding carboxylic acids is 1. The van der Waals surface area contributed by atoms with E-state index in [0.717, 1.165) is 11.3 Å². The zero-order valence-electron chi connectivity index (χ0n) is 10.5. The molecule has 0 fully saturated rings. The van der Waals surface area contributed by atoms with Gasteiger partial charge < -0.3 is 11.1 Å². The van der Waals surface area contributed by atoms with Crippen molar-refractivity contribution in [1.82, 2.24) is 10.0 Å². The summed E-state index contributed by atoms with van der Waals surface area (Å²) in [5.74, 6) is -0.358. The molecule has 0 saturated carbocycles. The predicted molar refractivity (Wildman–Crippen MR) is 78.0 cm³/mol. The van der Waals surface area contributed by atoms with Crippen LogP contribution < -0.4 is 15.8 Å². The summed E-state index contributed by atoms with van der Waals surface area (Å²) in [7, 11) is -3.61. The van der Waals surface area contributed by atoms with E-state index in [-0.39, 0.29) is 22.5 Å². The van der Waals surface area contributed by atoms with Crippen LogP contribution in [-0.4, -0.2) is 33.5 Å². The van der Waals surface area contributed by atoms with Gasteiger partial charge in [-0.2, -0.15) is 4.72 Å². The molecule has 0 aliphatic rings. The number of thiophene rings is 1. The lowest BCUT2D eigenvalue weighted by Crippen LogP contribution is -2.45. The van der Waals surface area contributed by atoms with E-state index in [1.807, 2.05) is 0 Å². The Morgan fingerprint density at radius 3 is 2.74 bits per heavy atom. The zero-order chi connectivity index (χ0) is 13.6. The molecule has 0 radical (unpaired) electrons. The second kappa shape index (κ2) is 8.49. The van der Waals surface area contributed by atoms with Crippen molar-refractivity contribution in [2.75, 3.05) is 13.1 Å². The molecule has 1 aromatic rings. The summed E-state index contributed by atoms with van der Waals surface area (Å²) in [5.41, 5.74) is 5.30. The monoisotopic (exact) mass is 327 g/mol. The fourth-order valence-corrected chi connectivity index (χ4v) is 3.44. The van der Waals surface area contributed by atoms with Crippen LogP contribution in [0.15, 0.2) is 21.7 Å². The number of nitrogens with one attached hydrogen (secondary N) is 2. The van der Waals surface area contributed by atoms with Crippen molar-refractivity contribution < 1.29 is 13.2 Å². The van der Waals surface area contributed by atoms with Crippen LogP contribution in [0.25, 0.3) is 0 Å². The van der Waals surface area contributed by atoms with E-state index in [9.17, 15) is 13.2 Å². The number of hydrogen-bond donors (Lipinski definition) is 3. The van der Waals surface area contributed by atoms with E-state index in [2.05, 4.69) is 10.0 Å². The van der Waals surface area contributed by atoms with Crippen molar-refractivity contribution in [2.24, 2.45) is 5.73 Å². The molecule has 19 heavy (non-hydrogen) atoms. The van der Waals surface area contributed by atoms with Crippen LogP contribution in [0.2, 0.25) is 0 Å². The van der Waals surface area contributed by atoms with Gasteiger partial charge in [0.2, 0.25) is 5.91 Å². The fourth-order valence-electron chi connectivity index (χ4n) is 1.23. The molecule has 0 aliphatic heterocycles. The number of halogens is 1. The number of carbonyl (C=O) groups is 1. The maximum atomic E-state index is 11.8. The van der Waals surface area contributed by atoms with E-state index in [1.54, 1.807) is 11.4 Å². The lowest BCUT2D eigenvalue weighted by Gasteiger charge is -2.13. The first-order valence-electron chi connectivity index (χ1n) is 5.51. The highest BCUT2D eigenvalue weighted by atomic mass is 35.5. The van der Waals surface area contributed by atoms with Crippen LogP contribution in [0.5, 0.6) is 0 Å². The second-order valence-electron chi connectivity index (χ2n) is 3.71. The first-order chi connectivity index (χ1) is 8.47. The molecule has 9 heteroatoms. The minimum atomic E-state index is -3.61. The highest BCUT2D eigenvalue weighted by Crippen LogP contribution is 2.15. The van der Waals surface area contributed by atoms with Gasteiger partial charge in [0.05, 0.1) is 6.04 Å². The number of rotatable bonds is 7. The Morgan fingerprint density at radius 1 is 1.53 bits per heavy atom. The molecule has 0 saturated heterocycles. The van der Waals surface area contributed by atoms with Crippen LogP contribution >= 0.6 is 23.7 Å². The largest absolute Gasteiger partial charge is 0.355 e. The van der Waals surface area contributed by atoms with Gasteiger partial charge in [0, 0.05) is 6.54 Å². The average Bonchev–Trinajstić information content (AvgIpc) is 2.82. The third-order valence-electron chi connectivity index (χ3n) is 2.17. The zero-order valence-corrected chi connectivity index (χ0v) is 12.9. The molecule has 0 spiro atoms. The third kappa shape index (κ3) is 5.87. The van der Waals surface area contributed by atoms with Crippen molar-refractivity contribution in [2.45, 2.75) is 23.6 Å². The van der Waals surface area contributed by atoms with Gasteiger partial charge in [-0.15, -0.1) is 23.7 Å². The van der Waals surface area contributed by atoms with Gasteiger partial charge in [0.15, 0.2) is 0 Å². The summed E-state index contributed by atoms with van der Waals surface area (Å²) >= 11 is 1.11. The Labute approximate surface area is 123 Å². The molecule has 4 N–H and O–H groups in total. The fraction of sp³-hybridized carbons (Fsp3) is 0.500. The van der Waals surface area contributed by atoms with Crippen LogP contribution in [0.3, 0.4) is 0 Å². The maximum absolute atomic E-state index is 11.8. The summed E-state index contributed by atoms with van der Waals surface area (Å²) in [6.45, 7) is 2.43. The standard InChI is InChI=1S/C10H17N3O3S2.ClH/c1-8(10(14)12-6-3-5-11)13-18(15,16)9-4-2-7-17-9;/h2,4,7-8,13H,3,5-6,11H2,1H3,(H,12,14);1H. The molecule has 1 atom stereocenters. The average molecular weight is 328 g/mol. The van der Waals surface area contributed by atoms with Crippen molar-refractivity contribution in [3.8, 4) is 0 Å². The molecule has 0 bridgehead atoms. The van der Waals surface area contributed by atoms with Crippen molar-refractivity contribution in [1.29, 1.82) is 0 Å². The maximum Gasteiger partial charge on any atom is 0.250 e. The third-order valence-corrected chi connectivity index (χ3v) is 5.10. The predicted octanol–water partition coefficient (Wildman–Crippen LogP) is 0.302. The molecular formula is C10H18ClN3O3S2. The van der Waals surface area contributed by atoms with Crippen LogP contribution in [0.1, 0.15) is 13.3 Å². The Morgan fingerprint density at radius 2 is 2.21 bits per heavy atom. The minimum Gasteiger partial charge on any atom is -0.355 e. The van der Waals surface area contributed by atoms with Gasteiger partial charge in [0.25, 0.3) is 10.0 Å². The SMILES string of the molecule is CC(NS(=O)(=O)c1cccs1)C(=O)NCCCN.Cl. The van der Waals surface area contributed by atoms with E-state index < -0.39 is 16.1 Å². The summed E-state index contributed by atoms with van der Waals surface area (Å²) in [6, 6.07) is 2.33. The molecule has 1 amide bonds. The number of nitrogens with two attached hydrogens (primary N) is 1. The van der Waals surface area contributed by atoms with Crippen LogP contribution in [-0.2, 0) is 14.8 Å². The van der Waals surface area contributed by atoms with Gasteiger partial charge in [0.1, 0.15) is 4.21 Å². The smallest absolute Gasteiger partial charge is 0.250 e. The molecule has 0 aromatic carbocycles. The van der Waals surface area contributed by atoms with Crippen LogP contribution in [0, 0.1) is 0 Å². The Balaban J connectivity index is 0.00000324. The van der Waals surface area contributed by atoms with Crippen molar-refractivity contribution in [3.05, 3.63) is 17.5 Å². The molecule has 110 valence electrons. The number of amides is 1. The Hall–Kier alpha value is -0.670. The minimum absolute atomic E-state index is 0. The Bertz CT molecular complexity index is 476. The first-order valence-corrected chi connectivity index (χ1v) is 7.87. The number of sulfonamides is 1. The summed E-state index contributed by atoms with van der Waals surface area (Å²) in [6.07, 6.45) is 0.663. The highest BCUT2D eigenvalue weighted by Gasteiger charge is 2.22. The number of hydrogen-bond acceptors (Lipinski definition) is 5. The van der Waals surface area contributed by atoms with E-state index in [4.69, 9.17) is 5.73 Å². The van der Waals surface area contributed by atoms with Gasteiger partial charge in [-0.05, 0) is 31.3 Å². The highest BCUT2D eigenvalue weighted by molar-refractivity contribution is 7.91. The lowest BCUT2D eigenvalue weighted by molar-refractivity contribution is -0.122. The summed E-state index contributed by atoms with van der Waals surface area (Å²) in [5, 5.41) is 4.28. The van der Waals surface area contributed by atoms with E-state index >= 15 is 0 Å². The normalized spacial score (nSPS) is 12.5. The molecule has 1 rings (SSSR count). The summed E-state index contributed by atoms with van der Waals surface area (Å²) in [4.78, 5) is 11.6. The topological polar surface area (TPSA) is 101 Å². The van der Waals surface area contributed by atoms with E-state index in [0.29, 0.717) is 19.5 Å². The van der Waals surface area contributed by atoms with Crippen molar-refractivity contribution >= 4 is 39.7 Å². The second-order valence-corrected chi connectivity index (χ2v) is 6.60.